The van der Waals surface area contributed by atoms with Crippen molar-refractivity contribution in [3.05, 3.63) is 71.3 Å². The van der Waals surface area contributed by atoms with Gasteiger partial charge in [-0.15, -0.1) is 0 Å². The lowest BCUT2D eigenvalue weighted by Crippen LogP contribution is -2.01. The number of nitrogens with zero attached hydrogens (tertiary/aromatic N) is 1. The van der Waals surface area contributed by atoms with Gasteiger partial charge in [-0.25, -0.2) is 9.18 Å². The van der Waals surface area contributed by atoms with Crippen LogP contribution in [-0.4, -0.2) is 13.1 Å². The van der Waals surface area contributed by atoms with E-state index >= 15 is 0 Å². The molecule has 0 aromatic heterocycles. The molecule has 0 saturated heterocycles. The predicted octanol–water partition coefficient (Wildman–Crippen LogP) is 4.63. The highest BCUT2D eigenvalue weighted by Gasteiger charge is 2.15. The summed E-state index contributed by atoms with van der Waals surface area (Å²) in [6.07, 6.45) is 0. The van der Waals surface area contributed by atoms with Crippen LogP contribution in [0.1, 0.15) is 21.5 Å². The predicted molar refractivity (Wildman–Crippen MR) is 90.3 cm³/mol. The van der Waals surface area contributed by atoms with Gasteiger partial charge in [0.1, 0.15) is 6.67 Å². The summed E-state index contributed by atoms with van der Waals surface area (Å²) in [6, 6.07) is 17.9. The van der Waals surface area contributed by atoms with E-state index in [1.54, 1.807) is 30.3 Å². The van der Waals surface area contributed by atoms with Crippen LogP contribution in [0.5, 0.6) is 0 Å². The molecule has 0 unspecified atom stereocenters. The summed E-state index contributed by atoms with van der Waals surface area (Å²) in [5.74, 6) is -0.439. The molecule has 0 saturated carbocycles. The lowest BCUT2D eigenvalue weighted by Gasteiger charge is -2.13. The smallest absolute Gasteiger partial charge is 0.337 e. The summed E-state index contributed by atoms with van der Waals surface area (Å²) < 4.78 is 18.2. The van der Waals surface area contributed by atoms with Crippen molar-refractivity contribution in [1.82, 2.24) is 0 Å². The van der Waals surface area contributed by atoms with E-state index < -0.39 is 12.6 Å². The van der Waals surface area contributed by atoms with E-state index in [-0.39, 0.29) is 0 Å². The Hall–Kier alpha value is -3.19. The van der Waals surface area contributed by atoms with Gasteiger partial charge < -0.3 is 4.74 Å². The van der Waals surface area contributed by atoms with Gasteiger partial charge in [0.2, 0.25) is 0 Å². The van der Waals surface area contributed by atoms with Gasteiger partial charge in [0.15, 0.2) is 0 Å². The molecule has 0 fully saturated rings. The number of carbonyl (C=O) groups excluding carboxylic acids is 1. The SMILES string of the molecule is COC(=O)c1ccc2cccc(-c3c(C#N)cccc3CF)c2c1. The van der Waals surface area contributed by atoms with Crippen LogP contribution in [0.25, 0.3) is 21.9 Å². The quantitative estimate of drug-likeness (QED) is 0.661. The first-order valence-electron chi connectivity index (χ1n) is 7.39. The molecule has 3 nitrogen and oxygen atoms in total. The zero-order valence-corrected chi connectivity index (χ0v) is 13.0. The Morgan fingerprint density at radius 3 is 2.67 bits per heavy atom. The van der Waals surface area contributed by atoms with Gasteiger partial charge in [-0.1, -0.05) is 36.4 Å². The van der Waals surface area contributed by atoms with Crippen molar-refractivity contribution < 1.29 is 13.9 Å². The number of alkyl halides is 1. The molecule has 118 valence electrons. The second kappa shape index (κ2) is 6.51. The summed E-state index contributed by atoms with van der Waals surface area (Å²) in [7, 11) is 1.32. The Morgan fingerprint density at radius 2 is 1.96 bits per heavy atom. The topological polar surface area (TPSA) is 50.1 Å². The molecule has 3 aromatic carbocycles. The van der Waals surface area contributed by atoms with E-state index in [0.29, 0.717) is 22.3 Å². The van der Waals surface area contributed by atoms with Gasteiger partial charge in [0, 0.05) is 5.56 Å². The number of halogens is 1. The van der Waals surface area contributed by atoms with E-state index in [1.165, 1.54) is 7.11 Å². The van der Waals surface area contributed by atoms with Crippen LogP contribution in [0.4, 0.5) is 4.39 Å². The van der Waals surface area contributed by atoms with Crippen molar-refractivity contribution in [3.63, 3.8) is 0 Å². The highest BCUT2D eigenvalue weighted by atomic mass is 19.1. The molecule has 0 spiro atoms. The number of nitriles is 1. The van der Waals surface area contributed by atoms with Gasteiger partial charge in [-0.05, 0) is 40.1 Å². The minimum absolute atomic E-state index is 0.404. The summed E-state index contributed by atoms with van der Waals surface area (Å²) >= 11 is 0. The van der Waals surface area contributed by atoms with Crippen LogP contribution < -0.4 is 0 Å². The molecule has 0 aliphatic rings. The van der Waals surface area contributed by atoms with E-state index in [0.717, 1.165) is 16.3 Å². The molecule has 3 aromatic rings. The largest absolute Gasteiger partial charge is 0.465 e. The normalized spacial score (nSPS) is 10.4. The number of hydrogen-bond acceptors (Lipinski definition) is 3. The molecule has 4 heteroatoms. The average Bonchev–Trinajstić information content (AvgIpc) is 2.65. The van der Waals surface area contributed by atoms with Gasteiger partial charge >= 0.3 is 5.97 Å². The zero-order valence-electron chi connectivity index (χ0n) is 13.0. The fourth-order valence-electron chi connectivity index (χ4n) is 2.86. The molecule has 0 atom stereocenters. The number of hydrogen-bond donors (Lipinski definition) is 0. The van der Waals surface area contributed by atoms with E-state index in [9.17, 15) is 14.4 Å². The summed E-state index contributed by atoms with van der Waals surface area (Å²) in [6.45, 7) is -0.669. The summed E-state index contributed by atoms with van der Waals surface area (Å²) in [5, 5.41) is 11.1. The molecular weight excluding hydrogens is 305 g/mol. The van der Waals surface area contributed by atoms with Crippen molar-refractivity contribution in [2.75, 3.05) is 7.11 Å². The van der Waals surface area contributed by atoms with Crippen molar-refractivity contribution in [3.8, 4) is 17.2 Å². The number of carbonyl (C=O) groups is 1. The Bertz CT molecular complexity index is 973. The maximum absolute atomic E-state index is 13.5. The monoisotopic (exact) mass is 319 g/mol. The first kappa shape index (κ1) is 15.7. The van der Waals surface area contributed by atoms with Crippen molar-refractivity contribution in [2.24, 2.45) is 0 Å². The molecule has 3 rings (SSSR count). The number of benzene rings is 3. The maximum Gasteiger partial charge on any atom is 0.337 e. The Labute approximate surface area is 138 Å². The fraction of sp³-hybridized carbons (Fsp3) is 0.100. The molecule has 0 radical (unpaired) electrons. The molecule has 0 N–H and O–H groups in total. The minimum atomic E-state index is -0.669. The molecule has 24 heavy (non-hydrogen) atoms. The van der Waals surface area contributed by atoms with Gasteiger partial charge in [-0.2, -0.15) is 5.26 Å². The zero-order chi connectivity index (χ0) is 17.1. The number of esters is 1. The van der Waals surface area contributed by atoms with Gasteiger partial charge in [-0.3, -0.25) is 0 Å². The number of fused-ring (bicyclic) bond motifs is 1. The number of ether oxygens (including phenoxy) is 1. The van der Waals surface area contributed by atoms with Gasteiger partial charge in [0.25, 0.3) is 0 Å². The average molecular weight is 319 g/mol. The Balaban J connectivity index is 2.35. The molecule has 0 heterocycles. The van der Waals surface area contributed by atoms with Crippen LogP contribution in [0.2, 0.25) is 0 Å². The lowest BCUT2D eigenvalue weighted by molar-refractivity contribution is 0.0601. The van der Waals surface area contributed by atoms with Crippen molar-refractivity contribution in [1.29, 1.82) is 5.26 Å². The van der Waals surface area contributed by atoms with Crippen LogP contribution in [0, 0.1) is 11.3 Å². The fourth-order valence-corrected chi connectivity index (χ4v) is 2.86. The van der Waals surface area contributed by atoms with Crippen LogP contribution >= 0.6 is 0 Å². The summed E-state index contributed by atoms with van der Waals surface area (Å²) in [5.41, 5.74) is 2.55. The van der Waals surface area contributed by atoms with Crippen LogP contribution in [0.15, 0.2) is 54.6 Å². The first-order valence-corrected chi connectivity index (χ1v) is 7.39. The van der Waals surface area contributed by atoms with Crippen LogP contribution in [0.3, 0.4) is 0 Å². The molecule has 0 bridgehead atoms. The molecule has 0 amide bonds. The van der Waals surface area contributed by atoms with Crippen molar-refractivity contribution >= 4 is 16.7 Å². The van der Waals surface area contributed by atoms with E-state index in [1.807, 2.05) is 24.3 Å². The molecule has 0 aliphatic carbocycles. The molecule has 0 aliphatic heterocycles. The van der Waals surface area contributed by atoms with Crippen molar-refractivity contribution in [2.45, 2.75) is 6.67 Å². The van der Waals surface area contributed by atoms with Gasteiger partial charge in [0.05, 0.1) is 24.3 Å². The minimum Gasteiger partial charge on any atom is -0.465 e. The third-order valence-electron chi connectivity index (χ3n) is 3.99. The first-order chi connectivity index (χ1) is 11.7. The van der Waals surface area contributed by atoms with E-state index in [2.05, 4.69) is 6.07 Å². The summed E-state index contributed by atoms with van der Waals surface area (Å²) in [4.78, 5) is 11.8. The number of methoxy groups -OCH3 is 1. The third kappa shape index (κ3) is 2.61. The molecular formula is C20H14FNO2. The second-order valence-electron chi connectivity index (χ2n) is 5.32. The third-order valence-corrected chi connectivity index (χ3v) is 3.99. The van der Waals surface area contributed by atoms with E-state index in [4.69, 9.17) is 4.74 Å². The van der Waals surface area contributed by atoms with Crippen LogP contribution in [-0.2, 0) is 11.4 Å². The Kier molecular flexibility index (Phi) is 4.26. The second-order valence-corrected chi connectivity index (χ2v) is 5.32. The Morgan fingerprint density at radius 1 is 1.17 bits per heavy atom. The maximum atomic E-state index is 13.5. The lowest BCUT2D eigenvalue weighted by atomic mass is 9.91. The highest BCUT2D eigenvalue weighted by molar-refractivity contribution is 6.02. The standard InChI is InChI=1S/C20H14FNO2/c1-24-20(23)14-9-8-13-4-3-7-17(18(13)10-14)19-15(11-21)5-2-6-16(19)12-22/h2-10H,11H2,1H3. The highest BCUT2D eigenvalue weighted by Crippen LogP contribution is 2.34. The number of rotatable bonds is 3.